The summed E-state index contributed by atoms with van der Waals surface area (Å²) in [5, 5.41) is 16.4. The molecule has 2 N–H and O–H groups in total. The molecule has 1 fully saturated rings. The molecule has 2 rings (SSSR count). The molecule has 1 saturated carbocycles. The quantitative estimate of drug-likeness (QED) is 0.424. The molecule has 0 atom stereocenters. The fourth-order valence-corrected chi connectivity index (χ4v) is 4.04. The smallest absolute Gasteiger partial charge is 0.263 e. The van der Waals surface area contributed by atoms with Crippen LogP contribution in [0.5, 0.6) is 0 Å². The summed E-state index contributed by atoms with van der Waals surface area (Å²) in [4.78, 5) is 12.6. The third kappa shape index (κ3) is 8.54. The molecule has 6 heteroatoms. The summed E-state index contributed by atoms with van der Waals surface area (Å²) >= 11 is 12.0. The number of halogens is 2. The van der Waals surface area contributed by atoms with Gasteiger partial charge in [-0.1, -0.05) is 81.0 Å². The van der Waals surface area contributed by atoms with Gasteiger partial charge >= 0.3 is 0 Å². The molecule has 152 valence electrons. The third-order valence-electron chi connectivity index (χ3n) is 5.05. The van der Waals surface area contributed by atoms with E-state index in [0.29, 0.717) is 15.7 Å². The molecule has 28 heavy (non-hydrogen) atoms. The molecule has 0 radical (unpaired) electrons. The van der Waals surface area contributed by atoms with Crippen LogP contribution < -0.4 is 10.6 Å². The van der Waals surface area contributed by atoms with Crippen LogP contribution in [0, 0.1) is 11.3 Å². The second kappa shape index (κ2) is 12.7. The van der Waals surface area contributed by atoms with Gasteiger partial charge in [0.05, 0.1) is 0 Å². The molecule has 1 aromatic rings. The van der Waals surface area contributed by atoms with Gasteiger partial charge < -0.3 is 10.6 Å². The standard InChI is InChI=1S/C22H29Cl2N3O/c23-18-12-19(24)14-21(13-18)26-16-17(15-25)22(28)27-20-10-8-6-4-2-1-3-5-7-9-11-20/h12-14,16,20,26H,1-11H2,(H,27,28)/b17-16-. The van der Waals surface area contributed by atoms with Crippen LogP contribution in [0.15, 0.2) is 30.0 Å². The lowest BCUT2D eigenvalue weighted by Crippen LogP contribution is -2.35. The van der Waals surface area contributed by atoms with E-state index in [4.69, 9.17) is 23.2 Å². The Hall–Kier alpha value is -1.70. The summed E-state index contributed by atoms with van der Waals surface area (Å²) in [6.45, 7) is 0. The Morgan fingerprint density at radius 1 is 0.929 bits per heavy atom. The summed E-state index contributed by atoms with van der Waals surface area (Å²) < 4.78 is 0. The first-order chi connectivity index (χ1) is 13.6. The first-order valence-corrected chi connectivity index (χ1v) is 11.0. The highest BCUT2D eigenvalue weighted by molar-refractivity contribution is 6.35. The molecule has 0 bridgehead atoms. The lowest BCUT2D eigenvalue weighted by atomic mass is 9.98. The van der Waals surface area contributed by atoms with Gasteiger partial charge in [-0.15, -0.1) is 0 Å². The van der Waals surface area contributed by atoms with E-state index in [9.17, 15) is 10.1 Å². The van der Waals surface area contributed by atoms with Crippen LogP contribution in [0.3, 0.4) is 0 Å². The van der Waals surface area contributed by atoms with Crippen LogP contribution in [0.1, 0.15) is 70.6 Å². The summed E-state index contributed by atoms with van der Waals surface area (Å²) in [6.07, 6.45) is 14.6. The Balaban J connectivity index is 1.94. The second-order valence-electron chi connectivity index (χ2n) is 7.40. The zero-order valence-electron chi connectivity index (χ0n) is 16.3. The van der Waals surface area contributed by atoms with Crippen molar-refractivity contribution in [2.75, 3.05) is 5.32 Å². The number of nitrogens with zero attached hydrogens (tertiary/aromatic N) is 1. The topological polar surface area (TPSA) is 64.9 Å². The monoisotopic (exact) mass is 421 g/mol. The number of carbonyl (C=O) groups excluding carboxylic acids is 1. The van der Waals surface area contributed by atoms with Gasteiger partial charge in [0.2, 0.25) is 0 Å². The molecular formula is C22H29Cl2N3O. The summed E-state index contributed by atoms with van der Waals surface area (Å²) in [6, 6.07) is 7.10. The van der Waals surface area contributed by atoms with E-state index in [1.54, 1.807) is 18.2 Å². The van der Waals surface area contributed by atoms with Gasteiger partial charge in [-0.2, -0.15) is 5.26 Å². The van der Waals surface area contributed by atoms with Gasteiger partial charge in [0.25, 0.3) is 5.91 Å². The Labute approximate surface area is 178 Å². The fourth-order valence-electron chi connectivity index (χ4n) is 3.51. The SMILES string of the molecule is N#C/C(=C/Nc1cc(Cl)cc(Cl)c1)C(=O)NC1CCCCCCCCCCC1. The van der Waals surface area contributed by atoms with Gasteiger partial charge in [-0.25, -0.2) is 0 Å². The van der Waals surface area contributed by atoms with Crippen molar-refractivity contribution in [3.8, 4) is 6.07 Å². The minimum atomic E-state index is -0.333. The number of amides is 1. The first-order valence-electron chi connectivity index (χ1n) is 10.2. The Kier molecular flexibility index (Phi) is 10.2. The Morgan fingerprint density at radius 2 is 1.43 bits per heavy atom. The van der Waals surface area contributed by atoms with E-state index in [0.717, 1.165) is 25.7 Å². The number of hydrogen-bond acceptors (Lipinski definition) is 3. The minimum absolute atomic E-state index is 0.0437. The molecule has 1 aliphatic carbocycles. The van der Waals surface area contributed by atoms with E-state index < -0.39 is 0 Å². The van der Waals surface area contributed by atoms with E-state index in [-0.39, 0.29) is 17.5 Å². The number of hydrogen-bond donors (Lipinski definition) is 2. The minimum Gasteiger partial charge on any atom is -0.360 e. The van der Waals surface area contributed by atoms with E-state index >= 15 is 0 Å². The maximum absolute atomic E-state index is 12.6. The zero-order chi connectivity index (χ0) is 20.2. The zero-order valence-corrected chi connectivity index (χ0v) is 17.8. The summed E-state index contributed by atoms with van der Waals surface area (Å²) in [5.74, 6) is -0.333. The van der Waals surface area contributed by atoms with Crippen LogP contribution in [-0.2, 0) is 4.79 Å². The Morgan fingerprint density at radius 3 is 1.93 bits per heavy atom. The van der Waals surface area contributed by atoms with Crippen molar-refractivity contribution in [3.63, 3.8) is 0 Å². The number of carbonyl (C=O) groups is 1. The molecule has 0 unspecified atom stereocenters. The summed E-state index contributed by atoms with van der Waals surface area (Å²) in [7, 11) is 0. The van der Waals surface area contributed by atoms with Gasteiger partial charge in [-0.3, -0.25) is 4.79 Å². The van der Waals surface area contributed by atoms with E-state index in [1.165, 1.54) is 51.1 Å². The van der Waals surface area contributed by atoms with Crippen molar-refractivity contribution in [3.05, 3.63) is 40.0 Å². The van der Waals surface area contributed by atoms with Crippen molar-refractivity contribution in [2.24, 2.45) is 0 Å². The molecule has 0 heterocycles. The lowest BCUT2D eigenvalue weighted by Gasteiger charge is -2.19. The molecule has 0 saturated heterocycles. The second-order valence-corrected chi connectivity index (χ2v) is 8.27. The largest absolute Gasteiger partial charge is 0.360 e. The Bertz CT molecular complexity index is 680. The first kappa shape index (κ1) is 22.6. The average Bonchev–Trinajstić information content (AvgIpc) is 2.63. The number of rotatable bonds is 4. The van der Waals surface area contributed by atoms with Gasteiger partial charge in [0.15, 0.2) is 0 Å². The lowest BCUT2D eigenvalue weighted by molar-refractivity contribution is -0.117. The fraction of sp³-hybridized carbons (Fsp3) is 0.545. The van der Waals surface area contributed by atoms with Gasteiger partial charge in [-0.05, 0) is 31.0 Å². The molecule has 4 nitrogen and oxygen atoms in total. The summed E-state index contributed by atoms with van der Waals surface area (Å²) in [5.41, 5.74) is 0.672. The van der Waals surface area contributed by atoms with Crippen LogP contribution in [0.2, 0.25) is 10.0 Å². The van der Waals surface area contributed by atoms with Crippen molar-refractivity contribution < 1.29 is 4.79 Å². The highest BCUT2D eigenvalue weighted by Gasteiger charge is 2.16. The van der Waals surface area contributed by atoms with Gasteiger partial charge in [0, 0.05) is 28.0 Å². The predicted molar refractivity (Wildman–Crippen MR) is 116 cm³/mol. The number of nitrogens with one attached hydrogen (secondary N) is 2. The number of nitriles is 1. The number of benzene rings is 1. The maximum atomic E-state index is 12.6. The highest BCUT2D eigenvalue weighted by Crippen LogP contribution is 2.22. The molecule has 1 amide bonds. The van der Waals surface area contributed by atoms with Crippen molar-refractivity contribution in [1.29, 1.82) is 5.26 Å². The molecule has 0 aromatic heterocycles. The molecule has 1 aliphatic rings. The average molecular weight is 422 g/mol. The van der Waals surface area contributed by atoms with Crippen LogP contribution >= 0.6 is 23.2 Å². The molecule has 0 aliphatic heterocycles. The molecule has 1 aromatic carbocycles. The van der Waals surface area contributed by atoms with Gasteiger partial charge in [0.1, 0.15) is 11.6 Å². The van der Waals surface area contributed by atoms with E-state index in [1.807, 2.05) is 6.07 Å². The normalized spacial score (nSPS) is 17.7. The maximum Gasteiger partial charge on any atom is 0.263 e. The van der Waals surface area contributed by atoms with Crippen molar-refractivity contribution >= 4 is 34.8 Å². The van der Waals surface area contributed by atoms with Crippen LogP contribution in [-0.4, -0.2) is 11.9 Å². The van der Waals surface area contributed by atoms with Crippen LogP contribution in [0.25, 0.3) is 0 Å². The van der Waals surface area contributed by atoms with E-state index in [2.05, 4.69) is 10.6 Å². The van der Waals surface area contributed by atoms with Crippen LogP contribution in [0.4, 0.5) is 5.69 Å². The molecular weight excluding hydrogens is 393 g/mol. The predicted octanol–water partition coefficient (Wildman–Crippen LogP) is 6.60. The highest BCUT2D eigenvalue weighted by atomic mass is 35.5. The molecule has 0 spiro atoms. The van der Waals surface area contributed by atoms with Crippen molar-refractivity contribution in [2.45, 2.75) is 76.7 Å². The number of anilines is 1. The third-order valence-corrected chi connectivity index (χ3v) is 5.49. The van der Waals surface area contributed by atoms with Crippen molar-refractivity contribution in [1.82, 2.24) is 5.32 Å².